The van der Waals surface area contributed by atoms with Crippen molar-refractivity contribution in [2.45, 2.75) is 6.92 Å². The average molecular weight is 222 g/mol. The van der Waals surface area contributed by atoms with Gasteiger partial charge in [-0.3, -0.25) is 4.98 Å². The number of pyridine rings is 1. The van der Waals surface area contributed by atoms with Crippen LogP contribution in [-0.4, -0.2) is 43.1 Å². The largest absolute Gasteiger partial charge is 0.383 e. The number of carbonyl (C=O) groups excluding carboxylic acids is 1. The SMILES string of the molecule is Cc1cc(NCCNC(=O)N(C)C)ccn1. The van der Waals surface area contributed by atoms with Crippen LogP contribution in [0.3, 0.4) is 0 Å². The van der Waals surface area contributed by atoms with Crippen LogP contribution in [0.4, 0.5) is 10.5 Å². The van der Waals surface area contributed by atoms with Crippen molar-refractivity contribution in [2.75, 3.05) is 32.5 Å². The maximum Gasteiger partial charge on any atom is 0.316 e. The third-order valence-electron chi connectivity index (χ3n) is 2.03. The Labute approximate surface area is 95.9 Å². The van der Waals surface area contributed by atoms with Crippen molar-refractivity contribution in [1.29, 1.82) is 0 Å². The van der Waals surface area contributed by atoms with Crippen molar-refractivity contribution in [3.63, 3.8) is 0 Å². The van der Waals surface area contributed by atoms with Gasteiger partial charge in [-0.1, -0.05) is 0 Å². The molecule has 1 aromatic heterocycles. The fraction of sp³-hybridized carbons (Fsp3) is 0.455. The van der Waals surface area contributed by atoms with Gasteiger partial charge in [-0.2, -0.15) is 0 Å². The Hall–Kier alpha value is -1.78. The van der Waals surface area contributed by atoms with Gasteiger partial charge in [0, 0.05) is 44.8 Å². The summed E-state index contributed by atoms with van der Waals surface area (Å²) in [6, 6.07) is 3.79. The number of aromatic nitrogens is 1. The highest BCUT2D eigenvalue weighted by Crippen LogP contribution is 2.05. The van der Waals surface area contributed by atoms with Crippen LogP contribution in [0.5, 0.6) is 0 Å². The second kappa shape index (κ2) is 5.95. The number of urea groups is 1. The lowest BCUT2D eigenvalue weighted by Gasteiger charge is -2.12. The number of nitrogens with zero attached hydrogens (tertiary/aromatic N) is 2. The van der Waals surface area contributed by atoms with Gasteiger partial charge in [0.25, 0.3) is 0 Å². The van der Waals surface area contributed by atoms with Gasteiger partial charge in [0.2, 0.25) is 0 Å². The fourth-order valence-electron chi connectivity index (χ4n) is 1.19. The second-order valence-corrected chi connectivity index (χ2v) is 3.74. The van der Waals surface area contributed by atoms with Gasteiger partial charge < -0.3 is 15.5 Å². The zero-order valence-electron chi connectivity index (χ0n) is 9.95. The smallest absolute Gasteiger partial charge is 0.316 e. The molecular formula is C11H18N4O. The molecule has 1 heterocycles. The van der Waals surface area contributed by atoms with Crippen LogP contribution in [0.1, 0.15) is 5.69 Å². The summed E-state index contributed by atoms with van der Waals surface area (Å²) in [5.41, 5.74) is 1.99. The van der Waals surface area contributed by atoms with Gasteiger partial charge in [0.1, 0.15) is 0 Å². The number of hydrogen-bond acceptors (Lipinski definition) is 3. The number of hydrogen-bond donors (Lipinski definition) is 2. The molecule has 0 aromatic carbocycles. The van der Waals surface area contributed by atoms with Crippen LogP contribution in [0, 0.1) is 6.92 Å². The van der Waals surface area contributed by atoms with E-state index in [0.29, 0.717) is 13.1 Å². The Morgan fingerprint density at radius 2 is 2.19 bits per heavy atom. The van der Waals surface area contributed by atoms with Crippen LogP contribution in [0.25, 0.3) is 0 Å². The number of anilines is 1. The third-order valence-corrected chi connectivity index (χ3v) is 2.03. The molecule has 16 heavy (non-hydrogen) atoms. The zero-order chi connectivity index (χ0) is 12.0. The third kappa shape index (κ3) is 4.16. The number of carbonyl (C=O) groups is 1. The van der Waals surface area contributed by atoms with Crippen LogP contribution < -0.4 is 10.6 Å². The highest BCUT2D eigenvalue weighted by atomic mass is 16.2. The highest BCUT2D eigenvalue weighted by molar-refractivity contribution is 5.73. The molecule has 0 fully saturated rings. The molecule has 88 valence electrons. The number of aryl methyl sites for hydroxylation is 1. The summed E-state index contributed by atoms with van der Waals surface area (Å²) >= 11 is 0. The monoisotopic (exact) mass is 222 g/mol. The standard InChI is InChI=1S/C11H18N4O/c1-9-8-10(4-5-12-9)13-6-7-14-11(16)15(2)3/h4-5,8H,6-7H2,1-3H3,(H,12,13)(H,14,16). The highest BCUT2D eigenvalue weighted by Gasteiger charge is 2.00. The summed E-state index contributed by atoms with van der Waals surface area (Å²) in [5.74, 6) is 0. The van der Waals surface area contributed by atoms with E-state index in [2.05, 4.69) is 15.6 Å². The Kier molecular flexibility index (Phi) is 4.57. The molecule has 0 atom stereocenters. The van der Waals surface area contributed by atoms with Crippen molar-refractivity contribution in [3.8, 4) is 0 Å². The van der Waals surface area contributed by atoms with E-state index < -0.39 is 0 Å². The summed E-state index contributed by atoms with van der Waals surface area (Å²) in [6.45, 7) is 3.24. The Bertz CT molecular complexity index is 352. The molecule has 0 saturated heterocycles. The Morgan fingerprint density at radius 1 is 1.44 bits per heavy atom. The van der Waals surface area contributed by atoms with Gasteiger partial charge in [-0.25, -0.2) is 4.79 Å². The summed E-state index contributed by atoms with van der Waals surface area (Å²) in [5, 5.41) is 5.98. The minimum atomic E-state index is -0.0762. The first-order chi connectivity index (χ1) is 7.59. The van der Waals surface area contributed by atoms with E-state index in [1.54, 1.807) is 20.3 Å². The minimum absolute atomic E-state index is 0.0762. The van der Waals surface area contributed by atoms with E-state index in [-0.39, 0.29) is 6.03 Å². The predicted molar refractivity (Wildman–Crippen MR) is 64.5 cm³/mol. The van der Waals surface area contributed by atoms with E-state index in [9.17, 15) is 4.79 Å². The quantitative estimate of drug-likeness (QED) is 0.749. The lowest BCUT2D eigenvalue weighted by molar-refractivity contribution is 0.218. The number of rotatable bonds is 4. The van der Waals surface area contributed by atoms with Gasteiger partial charge >= 0.3 is 6.03 Å². The first kappa shape index (κ1) is 12.3. The molecule has 0 aliphatic heterocycles. The van der Waals surface area contributed by atoms with Crippen LogP contribution >= 0.6 is 0 Å². The van der Waals surface area contributed by atoms with E-state index in [1.165, 1.54) is 4.90 Å². The topological polar surface area (TPSA) is 57.3 Å². The van der Waals surface area contributed by atoms with Crippen LogP contribution in [0.2, 0.25) is 0 Å². The van der Waals surface area contributed by atoms with E-state index in [0.717, 1.165) is 11.4 Å². The number of nitrogens with one attached hydrogen (secondary N) is 2. The van der Waals surface area contributed by atoms with Crippen molar-refractivity contribution in [2.24, 2.45) is 0 Å². The van der Waals surface area contributed by atoms with E-state index in [4.69, 9.17) is 0 Å². The average Bonchev–Trinajstić information content (AvgIpc) is 2.24. The molecule has 0 aliphatic carbocycles. The molecule has 0 spiro atoms. The molecule has 1 aromatic rings. The molecule has 0 saturated carbocycles. The normalized spacial score (nSPS) is 9.69. The molecular weight excluding hydrogens is 204 g/mol. The molecule has 0 radical (unpaired) electrons. The summed E-state index contributed by atoms with van der Waals surface area (Å²) in [7, 11) is 3.43. The van der Waals surface area contributed by atoms with E-state index in [1.807, 2.05) is 19.1 Å². The molecule has 1 rings (SSSR count). The summed E-state index contributed by atoms with van der Waals surface area (Å²) in [6.07, 6.45) is 1.76. The zero-order valence-corrected chi connectivity index (χ0v) is 9.95. The van der Waals surface area contributed by atoms with Gasteiger partial charge in [-0.05, 0) is 19.1 Å². The Morgan fingerprint density at radius 3 is 2.81 bits per heavy atom. The molecule has 2 amide bonds. The molecule has 5 nitrogen and oxygen atoms in total. The maximum absolute atomic E-state index is 11.2. The second-order valence-electron chi connectivity index (χ2n) is 3.74. The maximum atomic E-state index is 11.2. The first-order valence-corrected chi connectivity index (χ1v) is 5.21. The van der Waals surface area contributed by atoms with Gasteiger partial charge in [0.15, 0.2) is 0 Å². The van der Waals surface area contributed by atoms with Crippen molar-refractivity contribution < 1.29 is 4.79 Å². The van der Waals surface area contributed by atoms with Crippen molar-refractivity contribution >= 4 is 11.7 Å². The lowest BCUT2D eigenvalue weighted by atomic mass is 10.3. The fourth-order valence-corrected chi connectivity index (χ4v) is 1.19. The molecule has 0 bridgehead atoms. The molecule has 0 aliphatic rings. The predicted octanol–water partition coefficient (Wildman–Crippen LogP) is 1.07. The minimum Gasteiger partial charge on any atom is -0.383 e. The van der Waals surface area contributed by atoms with E-state index >= 15 is 0 Å². The number of amides is 2. The van der Waals surface area contributed by atoms with Gasteiger partial charge in [0.05, 0.1) is 0 Å². The molecule has 0 unspecified atom stereocenters. The van der Waals surface area contributed by atoms with Crippen LogP contribution in [-0.2, 0) is 0 Å². The van der Waals surface area contributed by atoms with Crippen molar-refractivity contribution in [1.82, 2.24) is 15.2 Å². The summed E-state index contributed by atoms with van der Waals surface area (Å²) < 4.78 is 0. The first-order valence-electron chi connectivity index (χ1n) is 5.21. The van der Waals surface area contributed by atoms with Crippen molar-refractivity contribution in [3.05, 3.63) is 24.0 Å². The molecule has 2 N–H and O–H groups in total. The Balaban J connectivity index is 2.23. The van der Waals surface area contributed by atoms with Gasteiger partial charge in [-0.15, -0.1) is 0 Å². The van der Waals surface area contributed by atoms with Crippen LogP contribution in [0.15, 0.2) is 18.3 Å². The lowest BCUT2D eigenvalue weighted by Crippen LogP contribution is -2.37. The molecule has 5 heteroatoms. The summed E-state index contributed by atoms with van der Waals surface area (Å²) in [4.78, 5) is 16.8.